The molecule has 36 heavy (non-hydrogen) atoms. The molecule has 4 rings (SSSR count). The number of benzene rings is 3. The van der Waals surface area contributed by atoms with Crippen LogP contribution in [0.4, 0.5) is 13.2 Å². The van der Waals surface area contributed by atoms with E-state index in [-0.39, 0.29) is 23.7 Å². The van der Waals surface area contributed by atoms with Crippen molar-refractivity contribution in [1.82, 2.24) is 0 Å². The first-order valence-electron chi connectivity index (χ1n) is 12.4. The molecule has 0 fully saturated rings. The van der Waals surface area contributed by atoms with Crippen molar-refractivity contribution in [1.29, 1.82) is 0 Å². The van der Waals surface area contributed by atoms with Crippen LogP contribution in [0, 0.1) is 23.4 Å². The number of hydrogen-bond acceptors (Lipinski definition) is 1. The summed E-state index contributed by atoms with van der Waals surface area (Å²) >= 11 is 0. The summed E-state index contributed by atoms with van der Waals surface area (Å²) in [4.78, 5) is 0. The average molecular weight is 489 g/mol. The average Bonchev–Trinajstić information content (AvgIpc) is 2.90. The zero-order chi connectivity index (χ0) is 25.5. The summed E-state index contributed by atoms with van der Waals surface area (Å²) in [5.41, 5.74) is 3.90. The van der Waals surface area contributed by atoms with E-state index < -0.39 is 11.6 Å². The molecule has 1 atom stereocenters. The van der Waals surface area contributed by atoms with Crippen molar-refractivity contribution in [3.63, 3.8) is 0 Å². The van der Waals surface area contributed by atoms with Crippen molar-refractivity contribution in [3.05, 3.63) is 108 Å². The zero-order valence-electron chi connectivity index (χ0n) is 20.6. The summed E-state index contributed by atoms with van der Waals surface area (Å²) in [5.74, 6) is -1.78. The molecule has 0 aromatic heterocycles. The first-order valence-corrected chi connectivity index (χ1v) is 12.4. The lowest BCUT2D eigenvalue weighted by atomic mass is 9.84. The summed E-state index contributed by atoms with van der Waals surface area (Å²) in [5, 5.41) is 0. The number of halogens is 3. The third-order valence-corrected chi connectivity index (χ3v) is 6.75. The van der Waals surface area contributed by atoms with Crippen molar-refractivity contribution in [2.24, 2.45) is 5.92 Å². The van der Waals surface area contributed by atoms with E-state index in [1.54, 1.807) is 36.4 Å². The maximum Gasteiger partial charge on any atom is 0.201 e. The first-order chi connectivity index (χ1) is 17.5. The second kappa shape index (κ2) is 11.9. The van der Waals surface area contributed by atoms with E-state index in [9.17, 15) is 8.78 Å². The van der Waals surface area contributed by atoms with E-state index in [0.29, 0.717) is 22.6 Å². The van der Waals surface area contributed by atoms with Crippen LogP contribution < -0.4 is 4.74 Å². The maximum absolute atomic E-state index is 15.1. The fraction of sp³-hybridized carbons (Fsp3) is 0.250. The van der Waals surface area contributed by atoms with Crippen molar-refractivity contribution in [2.75, 3.05) is 6.61 Å². The SMILES string of the molecule is C=CCOc1ccc(-c2ccc(-c3ccc(C4=CCC(CC/C=C/C)CC4)cc3F)cc2)c(F)c1F. The highest BCUT2D eigenvalue weighted by Crippen LogP contribution is 2.35. The van der Waals surface area contributed by atoms with E-state index >= 15 is 4.39 Å². The van der Waals surface area contributed by atoms with E-state index in [0.717, 1.165) is 31.2 Å². The van der Waals surface area contributed by atoms with E-state index in [1.165, 1.54) is 30.2 Å². The standard InChI is InChI=1S/C32H31F3O/c1-3-5-6-7-22-8-10-23(11-9-22)26-16-17-27(29(33)21-26)24-12-14-25(15-13-24)28-18-19-30(36-20-4-2)32(35)31(28)34/h3-5,10,12-19,21-22H,2,6-9,11,20H2,1H3/b5-3+. The van der Waals surface area contributed by atoms with Crippen LogP contribution in [0.15, 0.2) is 85.5 Å². The molecule has 0 bridgehead atoms. The van der Waals surface area contributed by atoms with Gasteiger partial charge in [0.25, 0.3) is 0 Å². The molecule has 0 N–H and O–H groups in total. The molecule has 0 heterocycles. The zero-order valence-corrected chi connectivity index (χ0v) is 20.6. The van der Waals surface area contributed by atoms with Gasteiger partial charge in [0, 0.05) is 11.1 Å². The van der Waals surface area contributed by atoms with Crippen LogP contribution in [0.1, 0.15) is 44.6 Å². The van der Waals surface area contributed by atoms with Crippen molar-refractivity contribution in [3.8, 4) is 28.0 Å². The third-order valence-electron chi connectivity index (χ3n) is 6.75. The highest BCUT2D eigenvalue weighted by molar-refractivity contribution is 5.74. The van der Waals surface area contributed by atoms with Crippen molar-refractivity contribution in [2.45, 2.75) is 39.0 Å². The minimum Gasteiger partial charge on any atom is -0.486 e. The van der Waals surface area contributed by atoms with Gasteiger partial charge in [-0.05, 0) is 85.4 Å². The fourth-order valence-corrected chi connectivity index (χ4v) is 4.70. The van der Waals surface area contributed by atoms with Crippen LogP contribution in [0.5, 0.6) is 5.75 Å². The minimum absolute atomic E-state index is 0.0867. The van der Waals surface area contributed by atoms with Crippen LogP contribution >= 0.6 is 0 Å². The van der Waals surface area contributed by atoms with Gasteiger partial charge in [-0.2, -0.15) is 4.39 Å². The summed E-state index contributed by atoms with van der Waals surface area (Å²) < 4.78 is 49.2. The van der Waals surface area contributed by atoms with Gasteiger partial charge in [0.2, 0.25) is 5.82 Å². The lowest BCUT2D eigenvalue weighted by molar-refractivity contribution is 0.333. The van der Waals surface area contributed by atoms with Gasteiger partial charge in [-0.15, -0.1) is 0 Å². The molecule has 1 aliphatic rings. The molecule has 0 saturated carbocycles. The summed E-state index contributed by atoms with van der Waals surface area (Å²) in [6.45, 7) is 5.64. The Bertz CT molecular complexity index is 1270. The predicted molar refractivity (Wildman–Crippen MR) is 142 cm³/mol. The molecule has 0 radical (unpaired) electrons. The second-order valence-corrected chi connectivity index (χ2v) is 9.13. The molecule has 4 heteroatoms. The van der Waals surface area contributed by atoms with Crippen LogP contribution in [0.2, 0.25) is 0 Å². The van der Waals surface area contributed by atoms with Crippen LogP contribution in [-0.2, 0) is 0 Å². The van der Waals surface area contributed by atoms with Gasteiger partial charge in [-0.3, -0.25) is 0 Å². The quantitative estimate of drug-likeness (QED) is 0.273. The maximum atomic E-state index is 15.1. The number of allylic oxidation sites excluding steroid dienone is 4. The van der Waals surface area contributed by atoms with Gasteiger partial charge >= 0.3 is 0 Å². The van der Waals surface area contributed by atoms with Gasteiger partial charge in [-0.25, -0.2) is 8.78 Å². The molecule has 0 amide bonds. The summed E-state index contributed by atoms with van der Waals surface area (Å²) in [7, 11) is 0. The van der Waals surface area contributed by atoms with Crippen LogP contribution in [0.3, 0.4) is 0 Å². The molecule has 0 saturated heterocycles. The predicted octanol–water partition coefficient (Wildman–Crippen LogP) is 9.54. The van der Waals surface area contributed by atoms with Gasteiger partial charge in [0.1, 0.15) is 12.4 Å². The van der Waals surface area contributed by atoms with Gasteiger partial charge in [0.05, 0.1) is 0 Å². The van der Waals surface area contributed by atoms with Crippen LogP contribution in [0.25, 0.3) is 27.8 Å². The second-order valence-electron chi connectivity index (χ2n) is 9.13. The molecule has 1 nitrogen and oxygen atoms in total. The monoisotopic (exact) mass is 488 g/mol. The van der Waals surface area contributed by atoms with Crippen molar-refractivity contribution < 1.29 is 17.9 Å². The minimum atomic E-state index is -1.04. The Hall–Kier alpha value is -3.53. The molecular weight excluding hydrogens is 457 g/mol. The number of rotatable bonds is 9. The van der Waals surface area contributed by atoms with E-state index in [2.05, 4.69) is 24.8 Å². The number of hydrogen-bond donors (Lipinski definition) is 0. The van der Waals surface area contributed by atoms with Crippen LogP contribution in [-0.4, -0.2) is 6.61 Å². The largest absolute Gasteiger partial charge is 0.486 e. The lowest BCUT2D eigenvalue weighted by Gasteiger charge is -2.22. The normalized spacial score (nSPS) is 15.7. The Morgan fingerprint density at radius 2 is 1.61 bits per heavy atom. The Morgan fingerprint density at radius 1 is 0.917 bits per heavy atom. The Balaban J connectivity index is 1.49. The highest BCUT2D eigenvalue weighted by atomic mass is 19.2. The lowest BCUT2D eigenvalue weighted by Crippen LogP contribution is -2.05. The fourth-order valence-electron chi connectivity index (χ4n) is 4.70. The Kier molecular flexibility index (Phi) is 8.48. The summed E-state index contributed by atoms with van der Waals surface area (Å²) in [6.07, 6.45) is 13.5. The number of ether oxygens (including phenoxy) is 1. The summed E-state index contributed by atoms with van der Waals surface area (Å²) in [6, 6.07) is 15.0. The molecular formula is C32H31F3O. The topological polar surface area (TPSA) is 9.23 Å². The Labute approximate surface area is 211 Å². The Morgan fingerprint density at radius 3 is 2.25 bits per heavy atom. The van der Waals surface area contributed by atoms with Gasteiger partial charge in [-0.1, -0.05) is 67.3 Å². The highest BCUT2D eigenvalue weighted by Gasteiger charge is 2.18. The van der Waals surface area contributed by atoms with Gasteiger partial charge < -0.3 is 4.74 Å². The molecule has 1 unspecified atom stereocenters. The molecule has 186 valence electrons. The smallest absolute Gasteiger partial charge is 0.201 e. The third kappa shape index (κ3) is 5.81. The van der Waals surface area contributed by atoms with E-state index in [1.807, 2.05) is 13.0 Å². The first kappa shape index (κ1) is 25.6. The van der Waals surface area contributed by atoms with Gasteiger partial charge in [0.15, 0.2) is 11.6 Å². The molecule has 0 spiro atoms. The molecule has 0 aliphatic heterocycles. The van der Waals surface area contributed by atoms with Crippen molar-refractivity contribution >= 4 is 5.57 Å². The van der Waals surface area contributed by atoms with E-state index in [4.69, 9.17) is 4.74 Å². The molecule has 3 aromatic carbocycles. The molecule has 1 aliphatic carbocycles. The molecule has 3 aromatic rings.